The minimum absolute atomic E-state index is 0.897. The number of unbranched alkanes of at least 4 members (excludes halogenated alkanes) is 1. The molecule has 0 amide bonds. The Hall–Kier alpha value is -1.91. The summed E-state index contributed by atoms with van der Waals surface area (Å²) in [6.07, 6.45) is 2.48. The first-order valence-corrected chi connectivity index (χ1v) is 9.90. The van der Waals surface area contributed by atoms with Crippen molar-refractivity contribution in [2.45, 2.75) is 24.7 Å². The number of benzene rings is 2. The van der Waals surface area contributed by atoms with Crippen molar-refractivity contribution in [2.75, 3.05) is 26.0 Å². The largest absolute Gasteiger partial charge is 0.497 e. The number of aromatic nitrogens is 1. The molecule has 1 aromatic heterocycles. The number of H-pyrrole nitrogens is 1. The maximum absolute atomic E-state index is 5.43. The third-order valence-electron chi connectivity index (χ3n) is 4.25. The van der Waals surface area contributed by atoms with Crippen LogP contribution < -0.4 is 10.1 Å². The van der Waals surface area contributed by atoms with Crippen LogP contribution in [0.2, 0.25) is 0 Å². The predicted octanol–water partition coefficient (Wildman–Crippen LogP) is 5.33. The molecule has 0 spiro atoms. The van der Waals surface area contributed by atoms with Gasteiger partial charge in [0.2, 0.25) is 0 Å². The number of nitrogens with one attached hydrogen (secondary N) is 2. The van der Waals surface area contributed by atoms with Crippen molar-refractivity contribution in [3.8, 4) is 17.0 Å². The third-order valence-corrected chi connectivity index (χ3v) is 5.37. The van der Waals surface area contributed by atoms with Crippen LogP contribution in [0.25, 0.3) is 22.2 Å². The normalized spacial score (nSPS) is 11.1. The lowest BCUT2D eigenvalue weighted by Gasteiger charge is -2.07. The summed E-state index contributed by atoms with van der Waals surface area (Å²) in [5.74, 6) is 1.95. The van der Waals surface area contributed by atoms with Gasteiger partial charge in [0, 0.05) is 28.1 Å². The number of fused-ring (bicyclic) bond motifs is 1. The Balaban J connectivity index is 1.86. The Morgan fingerprint density at radius 1 is 1.08 bits per heavy atom. The zero-order valence-electron chi connectivity index (χ0n) is 15.0. The second-order valence-electron chi connectivity index (χ2n) is 6.06. The summed E-state index contributed by atoms with van der Waals surface area (Å²) in [7, 11) is 1.72. The number of hydrogen-bond acceptors (Lipinski definition) is 3. The molecule has 2 aromatic carbocycles. The Morgan fingerprint density at radius 2 is 1.92 bits per heavy atom. The SMILES string of the molecule is CCCCNCCSc1c(-c2ccccc2)[nH]c2ccc(OC)cc12. The van der Waals surface area contributed by atoms with Gasteiger partial charge in [-0.25, -0.2) is 0 Å². The quantitative estimate of drug-likeness (QED) is 0.403. The van der Waals surface area contributed by atoms with Gasteiger partial charge < -0.3 is 15.0 Å². The molecule has 0 radical (unpaired) electrons. The standard InChI is InChI=1S/C21H26N2OS/c1-3-4-12-22-13-14-25-21-18-15-17(24-2)10-11-19(18)23-20(21)16-8-6-5-7-9-16/h5-11,15,22-23H,3-4,12-14H2,1-2H3. The van der Waals surface area contributed by atoms with Gasteiger partial charge >= 0.3 is 0 Å². The van der Waals surface area contributed by atoms with Gasteiger partial charge in [-0.15, -0.1) is 11.8 Å². The Kier molecular flexibility index (Phi) is 6.42. The highest BCUT2D eigenvalue weighted by molar-refractivity contribution is 7.99. The molecule has 0 aliphatic carbocycles. The van der Waals surface area contributed by atoms with Crippen LogP contribution in [-0.2, 0) is 0 Å². The van der Waals surface area contributed by atoms with Crippen molar-refractivity contribution in [2.24, 2.45) is 0 Å². The van der Waals surface area contributed by atoms with Crippen molar-refractivity contribution in [3.05, 3.63) is 48.5 Å². The first-order chi connectivity index (χ1) is 12.3. The van der Waals surface area contributed by atoms with E-state index in [0.29, 0.717) is 0 Å². The topological polar surface area (TPSA) is 37.0 Å². The Morgan fingerprint density at radius 3 is 2.68 bits per heavy atom. The number of hydrogen-bond donors (Lipinski definition) is 2. The summed E-state index contributed by atoms with van der Waals surface area (Å²) in [4.78, 5) is 4.90. The van der Waals surface area contributed by atoms with Crippen LogP contribution >= 0.6 is 11.8 Å². The van der Waals surface area contributed by atoms with Gasteiger partial charge in [0.25, 0.3) is 0 Å². The van der Waals surface area contributed by atoms with Crippen molar-refractivity contribution in [1.82, 2.24) is 10.3 Å². The summed E-state index contributed by atoms with van der Waals surface area (Å²) in [6.45, 7) is 4.35. The molecule has 0 bridgehead atoms. The lowest BCUT2D eigenvalue weighted by Crippen LogP contribution is -2.18. The number of methoxy groups -OCH3 is 1. The average Bonchev–Trinajstić information content (AvgIpc) is 3.03. The van der Waals surface area contributed by atoms with Crippen molar-refractivity contribution in [3.63, 3.8) is 0 Å². The monoisotopic (exact) mass is 354 g/mol. The minimum atomic E-state index is 0.897. The van der Waals surface area contributed by atoms with E-state index in [1.165, 1.54) is 34.4 Å². The predicted molar refractivity (Wildman–Crippen MR) is 109 cm³/mol. The molecule has 1 heterocycles. The number of thioether (sulfide) groups is 1. The molecule has 2 N–H and O–H groups in total. The van der Waals surface area contributed by atoms with E-state index in [0.717, 1.165) is 30.1 Å². The van der Waals surface area contributed by atoms with Crippen LogP contribution in [0.5, 0.6) is 5.75 Å². The van der Waals surface area contributed by atoms with Crippen LogP contribution in [0.15, 0.2) is 53.4 Å². The highest BCUT2D eigenvalue weighted by Crippen LogP contribution is 2.38. The molecular formula is C21H26N2OS. The molecule has 0 atom stereocenters. The van der Waals surface area contributed by atoms with Crippen LogP contribution in [0.3, 0.4) is 0 Å². The van der Waals surface area contributed by atoms with E-state index < -0.39 is 0 Å². The lowest BCUT2D eigenvalue weighted by atomic mass is 10.1. The van der Waals surface area contributed by atoms with E-state index in [9.17, 15) is 0 Å². The third kappa shape index (κ3) is 4.39. The first-order valence-electron chi connectivity index (χ1n) is 8.92. The molecule has 0 fully saturated rings. The fraction of sp³-hybridized carbons (Fsp3) is 0.333. The average molecular weight is 355 g/mol. The molecule has 25 heavy (non-hydrogen) atoms. The molecule has 3 nitrogen and oxygen atoms in total. The van der Waals surface area contributed by atoms with Gasteiger partial charge in [0.05, 0.1) is 12.8 Å². The van der Waals surface area contributed by atoms with Gasteiger partial charge in [0.15, 0.2) is 0 Å². The lowest BCUT2D eigenvalue weighted by molar-refractivity contribution is 0.415. The maximum Gasteiger partial charge on any atom is 0.119 e. The molecule has 0 unspecified atom stereocenters. The summed E-state index contributed by atoms with van der Waals surface area (Å²) in [6, 6.07) is 16.8. The van der Waals surface area contributed by atoms with Crippen molar-refractivity contribution in [1.29, 1.82) is 0 Å². The molecule has 132 valence electrons. The second kappa shape index (κ2) is 8.97. The molecule has 0 saturated carbocycles. The van der Waals surface area contributed by atoms with E-state index >= 15 is 0 Å². The maximum atomic E-state index is 5.43. The molecule has 0 saturated heterocycles. The van der Waals surface area contributed by atoms with Gasteiger partial charge in [-0.2, -0.15) is 0 Å². The molecule has 0 aliphatic rings. The van der Waals surface area contributed by atoms with Gasteiger partial charge in [-0.3, -0.25) is 0 Å². The van der Waals surface area contributed by atoms with E-state index in [1.807, 2.05) is 17.8 Å². The number of aromatic amines is 1. The van der Waals surface area contributed by atoms with Crippen LogP contribution in [0, 0.1) is 0 Å². The van der Waals surface area contributed by atoms with Crippen molar-refractivity contribution < 1.29 is 4.74 Å². The van der Waals surface area contributed by atoms with Crippen LogP contribution in [0.1, 0.15) is 19.8 Å². The summed E-state index contributed by atoms with van der Waals surface area (Å²) in [5.41, 5.74) is 3.57. The van der Waals surface area contributed by atoms with Crippen LogP contribution in [0.4, 0.5) is 0 Å². The minimum Gasteiger partial charge on any atom is -0.497 e. The van der Waals surface area contributed by atoms with E-state index in [1.54, 1.807) is 7.11 Å². The van der Waals surface area contributed by atoms with E-state index in [2.05, 4.69) is 59.7 Å². The van der Waals surface area contributed by atoms with Gasteiger partial charge in [-0.05, 0) is 36.7 Å². The summed E-state index contributed by atoms with van der Waals surface area (Å²) >= 11 is 1.91. The highest BCUT2D eigenvalue weighted by Gasteiger charge is 2.14. The first kappa shape index (κ1) is 17.9. The summed E-state index contributed by atoms with van der Waals surface area (Å²) in [5, 5.41) is 4.76. The number of rotatable bonds is 9. The highest BCUT2D eigenvalue weighted by atomic mass is 32.2. The van der Waals surface area contributed by atoms with Crippen molar-refractivity contribution >= 4 is 22.7 Å². The zero-order valence-corrected chi connectivity index (χ0v) is 15.8. The molecular weight excluding hydrogens is 328 g/mol. The van der Waals surface area contributed by atoms with Gasteiger partial charge in [-0.1, -0.05) is 43.7 Å². The van der Waals surface area contributed by atoms with E-state index in [-0.39, 0.29) is 0 Å². The molecule has 3 aromatic rings. The smallest absolute Gasteiger partial charge is 0.119 e. The second-order valence-corrected chi connectivity index (χ2v) is 7.16. The van der Waals surface area contributed by atoms with Crippen LogP contribution in [-0.4, -0.2) is 30.9 Å². The van der Waals surface area contributed by atoms with E-state index in [4.69, 9.17) is 4.74 Å². The zero-order chi connectivity index (χ0) is 17.5. The fourth-order valence-corrected chi connectivity index (χ4v) is 3.97. The van der Waals surface area contributed by atoms with Gasteiger partial charge in [0.1, 0.15) is 5.75 Å². The Bertz CT molecular complexity index is 798. The Labute approximate surface area is 154 Å². The molecule has 3 rings (SSSR count). The number of ether oxygens (including phenoxy) is 1. The molecule has 4 heteroatoms. The summed E-state index contributed by atoms with van der Waals surface area (Å²) < 4.78 is 5.43. The fourth-order valence-electron chi connectivity index (χ4n) is 2.88. The molecule has 0 aliphatic heterocycles.